The monoisotopic (exact) mass is 476 g/mol. The van der Waals surface area contributed by atoms with Crippen molar-refractivity contribution >= 4 is 35.6 Å². The Morgan fingerprint density at radius 1 is 0.848 bits per heavy atom. The van der Waals surface area contributed by atoms with Crippen molar-refractivity contribution in [1.82, 2.24) is 16.0 Å². The van der Waals surface area contributed by atoms with Crippen LogP contribution in [0.2, 0.25) is 0 Å². The molecular weight excluding hydrogens is 444 g/mol. The van der Waals surface area contributed by atoms with Crippen molar-refractivity contribution < 1.29 is 44.1 Å². The van der Waals surface area contributed by atoms with Crippen LogP contribution in [0.15, 0.2) is 0 Å². The Balaban J connectivity index is 5.47. The van der Waals surface area contributed by atoms with Crippen molar-refractivity contribution in [3.05, 3.63) is 0 Å². The van der Waals surface area contributed by atoms with E-state index in [1.165, 1.54) is 6.92 Å². The number of carbonyl (C=O) groups is 6. The first-order valence-electron chi connectivity index (χ1n) is 10.1. The van der Waals surface area contributed by atoms with E-state index < -0.39 is 78.7 Å². The van der Waals surface area contributed by atoms with Crippen molar-refractivity contribution in [2.75, 3.05) is 6.54 Å². The second-order valence-corrected chi connectivity index (χ2v) is 7.35. The number of unbranched alkanes of at least 4 members (excludes halogenated alkanes) is 1. The minimum atomic E-state index is -1.75. The average Bonchev–Trinajstić information content (AvgIpc) is 2.69. The average molecular weight is 476 g/mol. The Kier molecular flexibility index (Phi) is 13.2. The number of aliphatic hydroxyl groups excluding tert-OH is 1. The zero-order valence-electron chi connectivity index (χ0n) is 18.2. The summed E-state index contributed by atoms with van der Waals surface area (Å²) >= 11 is 0. The number of nitrogens with one attached hydrogen (secondary N) is 3. The van der Waals surface area contributed by atoms with E-state index in [1.807, 2.05) is 5.32 Å². The molecule has 0 aromatic rings. The lowest BCUT2D eigenvalue weighted by Gasteiger charge is -2.26. The van der Waals surface area contributed by atoms with Gasteiger partial charge in [0, 0.05) is 0 Å². The normalized spacial score (nSPS) is 15.3. The van der Waals surface area contributed by atoms with Crippen LogP contribution in [-0.4, -0.2) is 87.7 Å². The van der Waals surface area contributed by atoms with Crippen molar-refractivity contribution in [2.45, 2.75) is 69.3 Å². The lowest BCUT2D eigenvalue weighted by atomic mass is 10.1. The summed E-state index contributed by atoms with van der Waals surface area (Å²) < 4.78 is 0. The Labute approximate surface area is 189 Å². The molecule has 0 bridgehead atoms. The van der Waals surface area contributed by atoms with Gasteiger partial charge < -0.3 is 48.5 Å². The quantitative estimate of drug-likeness (QED) is 0.0960. The van der Waals surface area contributed by atoms with Crippen LogP contribution in [0.4, 0.5) is 0 Å². The van der Waals surface area contributed by atoms with E-state index in [2.05, 4.69) is 10.6 Å². The summed E-state index contributed by atoms with van der Waals surface area (Å²) in [6, 6.07) is -6.02. The number of carboxylic acids is 2. The van der Waals surface area contributed by atoms with Gasteiger partial charge in [-0.2, -0.15) is 0 Å². The topological polar surface area (TPSA) is 277 Å². The Bertz CT molecular complexity index is 730. The van der Waals surface area contributed by atoms with E-state index in [9.17, 15) is 33.9 Å². The third kappa shape index (κ3) is 11.8. The van der Waals surface area contributed by atoms with Gasteiger partial charge in [-0.25, -0.2) is 4.79 Å². The molecule has 0 aromatic carbocycles. The molecule has 0 saturated carbocycles. The number of hydrogen-bond donors (Lipinski definition) is 9. The van der Waals surface area contributed by atoms with Gasteiger partial charge in [0.25, 0.3) is 0 Å². The summed E-state index contributed by atoms with van der Waals surface area (Å²) in [5.41, 5.74) is 15.9. The van der Waals surface area contributed by atoms with Gasteiger partial charge in [-0.05, 0) is 32.7 Å². The molecule has 4 amide bonds. The molecule has 15 nitrogen and oxygen atoms in total. The van der Waals surface area contributed by atoms with Crippen LogP contribution in [0, 0.1) is 0 Å². The molecule has 0 spiro atoms. The van der Waals surface area contributed by atoms with Crippen LogP contribution in [0.5, 0.6) is 0 Å². The third-order valence-corrected chi connectivity index (χ3v) is 4.39. The number of carboxylic acid groups (broad SMARTS) is 2. The zero-order valence-corrected chi connectivity index (χ0v) is 18.2. The molecule has 0 aliphatic rings. The summed E-state index contributed by atoms with van der Waals surface area (Å²) in [5.74, 6) is -6.84. The summed E-state index contributed by atoms with van der Waals surface area (Å²) in [5, 5.41) is 34.3. The predicted molar refractivity (Wildman–Crippen MR) is 112 cm³/mol. The van der Waals surface area contributed by atoms with E-state index in [-0.39, 0.29) is 13.0 Å². The molecule has 188 valence electrons. The van der Waals surface area contributed by atoms with Gasteiger partial charge in [0.05, 0.1) is 25.0 Å². The number of hydrogen-bond acceptors (Lipinski definition) is 9. The highest BCUT2D eigenvalue weighted by atomic mass is 16.4. The van der Waals surface area contributed by atoms with Gasteiger partial charge in [-0.3, -0.25) is 24.0 Å². The summed E-state index contributed by atoms with van der Waals surface area (Å²) in [6.45, 7) is 1.46. The highest BCUT2D eigenvalue weighted by Crippen LogP contribution is 2.05. The SMILES string of the molecule is CC(O)C(NC(=O)C(N)CC(N)=O)C(=O)NC(CCCCN)C(=O)NC(CC(=O)O)C(=O)O. The number of aliphatic carboxylic acids is 2. The fraction of sp³-hybridized carbons (Fsp3) is 0.667. The van der Waals surface area contributed by atoms with Crippen LogP contribution >= 0.6 is 0 Å². The second-order valence-electron chi connectivity index (χ2n) is 7.35. The minimum Gasteiger partial charge on any atom is -0.481 e. The van der Waals surface area contributed by atoms with Crippen molar-refractivity contribution in [3.8, 4) is 0 Å². The molecule has 0 saturated heterocycles. The molecule has 12 N–H and O–H groups in total. The molecule has 15 heteroatoms. The largest absolute Gasteiger partial charge is 0.481 e. The number of primary amides is 1. The molecule has 0 fully saturated rings. The van der Waals surface area contributed by atoms with Gasteiger partial charge in [0.2, 0.25) is 23.6 Å². The molecule has 33 heavy (non-hydrogen) atoms. The Morgan fingerprint density at radius 3 is 1.88 bits per heavy atom. The van der Waals surface area contributed by atoms with Crippen LogP contribution in [0.1, 0.15) is 39.0 Å². The molecule has 0 aromatic heterocycles. The number of rotatable bonds is 16. The fourth-order valence-corrected chi connectivity index (χ4v) is 2.65. The lowest BCUT2D eigenvalue weighted by Crippen LogP contribution is -2.60. The van der Waals surface area contributed by atoms with E-state index in [0.717, 1.165) is 0 Å². The van der Waals surface area contributed by atoms with E-state index >= 15 is 0 Å². The molecule has 5 unspecified atom stereocenters. The molecule has 0 aliphatic heterocycles. The summed E-state index contributed by atoms with van der Waals surface area (Å²) in [4.78, 5) is 70.3. The van der Waals surface area contributed by atoms with Crippen molar-refractivity contribution in [2.24, 2.45) is 17.2 Å². The van der Waals surface area contributed by atoms with Crippen molar-refractivity contribution in [1.29, 1.82) is 0 Å². The first-order valence-corrected chi connectivity index (χ1v) is 10.1. The number of amides is 4. The predicted octanol–water partition coefficient (Wildman–Crippen LogP) is -4.29. The van der Waals surface area contributed by atoms with E-state index in [4.69, 9.17) is 27.4 Å². The molecule has 0 heterocycles. The summed E-state index contributed by atoms with van der Waals surface area (Å²) in [6.07, 6.45) is -2.02. The maximum Gasteiger partial charge on any atom is 0.326 e. The minimum absolute atomic E-state index is 0.00977. The second kappa shape index (κ2) is 14.7. The van der Waals surface area contributed by atoms with Crippen LogP contribution < -0.4 is 33.2 Å². The Morgan fingerprint density at radius 2 is 1.42 bits per heavy atom. The Hall–Kier alpha value is -3.30. The molecule has 0 aliphatic carbocycles. The fourth-order valence-electron chi connectivity index (χ4n) is 2.65. The van der Waals surface area contributed by atoms with Crippen molar-refractivity contribution in [3.63, 3.8) is 0 Å². The van der Waals surface area contributed by atoms with Gasteiger partial charge in [0.1, 0.15) is 18.1 Å². The highest BCUT2D eigenvalue weighted by molar-refractivity contribution is 5.95. The lowest BCUT2D eigenvalue weighted by molar-refractivity contribution is -0.147. The van der Waals surface area contributed by atoms with Crippen LogP contribution in [0.3, 0.4) is 0 Å². The first-order chi connectivity index (χ1) is 15.3. The molecular formula is C18H32N6O9. The van der Waals surface area contributed by atoms with Crippen LogP contribution in [-0.2, 0) is 28.8 Å². The third-order valence-electron chi connectivity index (χ3n) is 4.39. The first kappa shape index (κ1) is 29.7. The zero-order chi connectivity index (χ0) is 25.7. The van der Waals surface area contributed by atoms with Crippen LogP contribution in [0.25, 0.3) is 0 Å². The van der Waals surface area contributed by atoms with E-state index in [1.54, 1.807) is 0 Å². The van der Waals surface area contributed by atoms with Gasteiger partial charge in [-0.1, -0.05) is 0 Å². The molecule has 5 atom stereocenters. The number of nitrogens with two attached hydrogens (primary N) is 3. The van der Waals surface area contributed by atoms with E-state index in [0.29, 0.717) is 12.8 Å². The maximum atomic E-state index is 12.7. The van der Waals surface area contributed by atoms with Gasteiger partial charge in [0.15, 0.2) is 0 Å². The van der Waals surface area contributed by atoms with Gasteiger partial charge in [-0.15, -0.1) is 0 Å². The maximum absolute atomic E-state index is 12.7. The molecule has 0 radical (unpaired) electrons. The number of carbonyl (C=O) groups excluding carboxylic acids is 4. The number of aliphatic hydroxyl groups is 1. The van der Waals surface area contributed by atoms with Gasteiger partial charge >= 0.3 is 11.9 Å². The highest BCUT2D eigenvalue weighted by Gasteiger charge is 2.32. The summed E-state index contributed by atoms with van der Waals surface area (Å²) in [7, 11) is 0. The standard InChI is InChI=1S/C18H32N6O9/c1-8(25)14(24-15(29)9(20)6-12(21)26)17(31)22-10(4-2-3-5-19)16(30)23-11(18(32)33)7-13(27)28/h8-11,14,25H,2-7,19-20H2,1H3,(H2,21,26)(H,22,31)(H,23,30)(H,24,29)(H,27,28)(H,32,33). The molecule has 0 rings (SSSR count). The smallest absolute Gasteiger partial charge is 0.326 e.